The van der Waals surface area contributed by atoms with Gasteiger partial charge in [-0.15, -0.1) is 0 Å². The molecular formula is C12H16BrNO5S. The van der Waals surface area contributed by atoms with Crippen LogP contribution in [0.5, 0.6) is 0 Å². The molecule has 0 amide bonds. The Bertz CT molecular complexity index is 586. The lowest BCUT2D eigenvalue weighted by atomic mass is 10.2. The van der Waals surface area contributed by atoms with Crippen LogP contribution in [-0.2, 0) is 14.8 Å². The molecule has 0 aromatic heterocycles. The van der Waals surface area contributed by atoms with Gasteiger partial charge in [-0.3, -0.25) is 0 Å². The summed E-state index contributed by atoms with van der Waals surface area (Å²) < 4.78 is 32.1. The van der Waals surface area contributed by atoms with Gasteiger partial charge in [0.15, 0.2) is 0 Å². The molecule has 0 aliphatic carbocycles. The van der Waals surface area contributed by atoms with Gasteiger partial charge < -0.3 is 9.84 Å². The number of carbonyl (C=O) groups is 1. The number of rotatable bonds is 7. The van der Waals surface area contributed by atoms with E-state index in [-0.39, 0.29) is 29.7 Å². The Morgan fingerprint density at radius 2 is 2.10 bits per heavy atom. The molecule has 2 N–H and O–H groups in total. The Kier molecular flexibility index (Phi) is 6.12. The lowest BCUT2D eigenvalue weighted by molar-refractivity contribution is 0.0696. The van der Waals surface area contributed by atoms with Gasteiger partial charge in [0.2, 0.25) is 10.0 Å². The quantitative estimate of drug-likeness (QED) is 0.719. The van der Waals surface area contributed by atoms with Crippen molar-refractivity contribution in [3.8, 4) is 0 Å². The van der Waals surface area contributed by atoms with Crippen molar-refractivity contribution in [3.63, 3.8) is 0 Å². The Balaban J connectivity index is 2.86. The van der Waals surface area contributed by atoms with E-state index in [4.69, 9.17) is 9.84 Å². The van der Waals surface area contributed by atoms with Crippen LogP contribution in [0, 0.1) is 0 Å². The minimum Gasteiger partial charge on any atom is -0.478 e. The number of benzene rings is 1. The van der Waals surface area contributed by atoms with Crippen LogP contribution in [0.15, 0.2) is 27.6 Å². The minimum atomic E-state index is -3.79. The highest BCUT2D eigenvalue weighted by atomic mass is 79.9. The third-order valence-corrected chi connectivity index (χ3v) is 4.77. The predicted octanol–water partition coefficient (Wildman–Crippen LogP) is 1.85. The SMILES string of the molecule is CC(C)OCCNS(=O)(=O)c1cc(C(=O)O)ccc1Br. The number of sulfonamides is 1. The van der Waals surface area contributed by atoms with Crippen molar-refractivity contribution in [1.82, 2.24) is 4.72 Å². The highest BCUT2D eigenvalue weighted by Crippen LogP contribution is 2.23. The number of hydrogen-bond donors (Lipinski definition) is 2. The molecule has 0 unspecified atom stereocenters. The maximum absolute atomic E-state index is 12.1. The molecule has 0 aliphatic heterocycles. The molecule has 0 saturated carbocycles. The van der Waals surface area contributed by atoms with Crippen molar-refractivity contribution < 1.29 is 23.1 Å². The Morgan fingerprint density at radius 1 is 1.45 bits per heavy atom. The lowest BCUT2D eigenvalue weighted by Crippen LogP contribution is -2.28. The van der Waals surface area contributed by atoms with E-state index in [2.05, 4.69) is 20.7 Å². The van der Waals surface area contributed by atoms with E-state index in [1.807, 2.05) is 13.8 Å². The molecule has 0 bridgehead atoms. The van der Waals surface area contributed by atoms with Gasteiger partial charge in [-0.25, -0.2) is 17.9 Å². The highest BCUT2D eigenvalue weighted by Gasteiger charge is 2.19. The van der Waals surface area contributed by atoms with Crippen LogP contribution < -0.4 is 4.72 Å². The smallest absolute Gasteiger partial charge is 0.335 e. The normalized spacial score (nSPS) is 11.8. The van der Waals surface area contributed by atoms with Crippen LogP contribution in [-0.4, -0.2) is 38.7 Å². The van der Waals surface area contributed by atoms with Crippen LogP contribution in [0.3, 0.4) is 0 Å². The van der Waals surface area contributed by atoms with E-state index < -0.39 is 16.0 Å². The van der Waals surface area contributed by atoms with Gasteiger partial charge in [-0.2, -0.15) is 0 Å². The molecule has 1 rings (SSSR count). The number of carboxylic acids is 1. The minimum absolute atomic E-state index is 0.0154. The van der Waals surface area contributed by atoms with Crippen molar-refractivity contribution in [2.24, 2.45) is 0 Å². The van der Waals surface area contributed by atoms with Crippen LogP contribution in [0.25, 0.3) is 0 Å². The van der Waals surface area contributed by atoms with E-state index in [0.29, 0.717) is 4.47 Å². The summed E-state index contributed by atoms with van der Waals surface area (Å²) in [5, 5.41) is 8.89. The van der Waals surface area contributed by atoms with Gasteiger partial charge in [-0.05, 0) is 48.0 Å². The molecule has 0 atom stereocenters. The first-order valence-electron chi connectivity index (χ1n) is 5.88. The average Bonchev–Trinajstić information content (AvgIpc) is 2.34. The standard InChI is InChI=1S/C12H16BrNO5S/c1-8(2)19-6-5-14-20(17,18)11-7-9(12(15)16)3-4-10(11)13/h3-4,7-8,14H,5-6H2,1-2H3,(H,15,16). The summed E-state index contributed by atoms with van der Waals surface area (Å²) in [4.78, 5) is 10.8. The third-order valence-electron chi connectivity index (χ3n) is 2.31. The first kappa shape index (κ1) is 17.1. The van der Waals surface area contributed by atoms with Crippen LogP contribution >= 0.6 is 15.9 Å². The van der Waals surface area contributed by atoms with Crippen LogP contribution in [0.1, 0.15) is 24.2 Å². The topological polar surface area (TPSA) is 92.7 Å². The van der Waals surface area contributed by atoms with Crippen molar-refractivity contribution in [1.29, 1.82) is 0 Å². The predicted molar refractivity (Wildman–Crippen MR) is 77.4 cm³/mol. The number of carboxylic acid groups (broad SMARTS) is 1. The fourth-order valence-corrected chi connectivity index (χ4v) is 3.39. The van der Waals surface area contributed by atoms with Gasteiger partial charge in [-0.1, -0.05) is 0 Å². The number of hydrogen-bond acceptors (Lipinski definition) is 4. The largest absolute Gasteiger partial charge is 0.478 e. The molecule has 6 nitrogen and oxygen atoms in total. The molecule has 112 valence electrons. The Labute approximate surface area is 126 Å². The number of ether oxygens (including phenoxy) is 1. The summed E-state index contributed by atoms with van der Waals surface area (Å²) >= 11 is 3.10. The first-order valence-corrected chi connectivity index (χ1v) is 8.16. The van der Waals surface area contributed by atoms with Gasteiger partial charge in [0, 0.05) is 11.0 Å². The van der Waals surface area contributed by atoms with E-state index >= 15 is 0 Å². The molecule has 0 heterocycles. The van der Waals surface area contributed by atoms with E-state index in [0.717, 1.165) is 6.07 Å². The summed E-state index contributed by atoms with van der Waals surface area (Å²) in [6.45, 7) is 4.06. The van der Waals surface area contributed by atoms with E-state index in [9.17, 15) is 13.2 Å². The molecular weight excluding hydrogens is 350 g/mol. The highest BCUT2D eigenvalue weighted by molar-refractivity contribution is 9.10. The monoisotopic (exact) mass is 365 g/mol. The second-order valence-electron chi connectivity index (χ2n) is 4.27. The Morgan fingerprint density at radius 3 is 2.65 bits per heavy atom. The number of aromatic carboxylic acids is 1. The summed E-state index contributed by atoms with van der Waals surface area (Å²) in [6.07, 6.45) is 0.0154. The third kappa shape index (κ3) is 4.86. The van der Waals surface area contributed by atoms with Gasteiger partial charge in [0.1, 0.15) is 0 Å². The van der Waals surface area contributed by atoms with Crippen molar-refractivity contribution in [2.45, 2.75) is 24.8 Å². The zero-order valence-corrected chi connectivity index (χ0v) is 13.5. The zero-order valence-electron chi connectivity index (χ0n) is 11.1. The van der Waals surface area contributed by atoms with E-state index in [1.165, 1.54) is 12.1 Å². The van der Waals surface area contributed by atoms with Crippen molar-refractivity contribution >= 4 is 31.9 Å². The molecule has 20 heavy (non-hydrogen) atoms. The first-order chi connectivity index (χ1) is 9.24. The number of nitrogens with one attached hydrogen (secondary N) is 1. The summed E-state index contributed by atoms with van der Waals surface area (Å²) in [5.74, 6) is -1.18. The molecule has 1 aromatic rings. The molecule has 8 heteroatoms. The van der Waals surface area contributed by atoms with Crippen LogP contribution in [0.4, 0.5) is 0 Å². The molecule has 0 saturated heterocycles. The summed E-state index contributed by atoms with van der Waals surface area (Å²) in [7, 11) is -3.79. The average molecular weight is 366 g/mol. The second-order valence-corrected chi connectivity index (χ2v) is 6.86. The lowest BCUT2D eigenvalue weighted by Gasteiger charge is -2.11. The van der Waals surface area contributed by atoms with Gasteiger partial charge in [0.25, 0.3) is 0 Å². The second kappa shape index (κ2) is 7.16. The maximum Gasteiger partial charge on any atom is 0.335 e. The molecule has 1 aromatic carbocycles. The molecule has 0 radical (unpaired) electrons. The Hall–Kier alpha value is -0.960. The fraction of sp³-hybridized carbons (Fsp3) is 0.417. The zero-order chi connectivity index (χ0) is 15.3. The summed E-state index contributed by atoms with van der Waals surface area (Å²) in [6, 6.07) is 3.83. The van der Waals surface area contributed by atoms with Gasteiger partial charge >= 0.3 is 5.97 Å². The van der Waals surface area contributed by atoms with Crippen molar-refractivity contribution in [2.75, 3.05) is 13.2 Å². The summed E-state index contributed by atoms with van der Waals surface area (Å²) in [5.41, 5.74) is -0.0907. The molecule has 0 fully saturated rings. The van der Waals surface area contributed by atoms with Crippen molar-refractivity contribution in [3.05, 3.63) is 28.2 Å². The number of halogens is 1. The molecule has 0 spiro atoms. The fourth-order valence-electron chi connectivity index (χ4n) is 1.39. The molecule has 0 aliphatic rings. The van der Waals surface area contributed by atoms with Gasteiger partial charge in [0.05, 0.1) is 23.2 Å². The van der Waals surface area contributed by atoms with Crippen LogP contribution in [0.2, 0.25) is 0 Å². The van der Waals surface area contributed by atoms with E-state index in [1.54, 1.807) is 0 Å². The maximum atomic E-state index is 12.1.